The number of hydrogen-bond acceptors (Lipinski definition) is 5. The molecule has 81 heavy (non-hydrogen) atoms. The van der Waals surface area contributed by atoms with Gasteiger partial charge in [-0.05, 0) is 70.6 Å². The summed E-state index contributed by atoms with van der Waals surface area (Å²) in [5.41, 5.74) is 0. The van der Waals surface area contributed by atoms with Gasteiger partial charge in [-0.3, -0.25) is 9.59 Å². The Morgan fingerprint density at radius 3 is 0.802 bits per heavy atom. The largest absolute Gasteiger partial charge is 0.462 e. The van der Waals surface area contributed by atoms with Gasteiger partial charge in [0.25, 0.3) is 0 Å². The summed E-state index contributed by atoms with van der Waals surface area (Å²) in [5.74, 6) is -0.571. The van der Waals surface area contributed by atoms with Crippen molar-refractivity contribution in [3.63, 3.8) is 0 Å². The summed E-state index contributed by atoms with van der Waals surface area (Å²) in [5, 5.41) is 9.71. The monoisotopic (exact) mass is 1130 g/mol. The molecule has 1 unspecified atom stereocenters. The van der Waals surface area contributed by atoms with E-state index in [1.165, 1.54) is 263 Å². The Labute approximate surface area is 505 Å². The van der Waals surface area contributed by atoms with Crippen molar-refractivity contribution in [2.75, 3.05) is 13.2 Å². The molecule has 0 aliphatic carbocycles. The number of aliphatic hydroxyl groups is 1. The SMILES string of the molecule is CC/C=C\C/C=C\C/C=C\C/C=C\C/C=C\C/C=C\C/C=C\CCCCCCCCCCCCCCCCCCCC(=O)OC(CO)COC(=O)CCCCCCCCCCCCCCCCCCCCCCCCCCCCCC. The fraction of sp³-hybridized carbons (Fsp3) is 0.789. The lowest BCUT2D eigenvalue weighted by Crippen LogP contribution is -2.28. The van der Waals surface area contributed by atoms with Crippen molar-refractivity contribution in [3.8, 4) is 0 Å². The molecule has 5 nitrogen and oxygen atoms in total. The van der Waals surface area contributed by atoms with Gasteiger partial charge in [0, 0.05) is 12.8 Å². The van der Waals surface area contributed by atoms with E-state index in [-0.39, 0.29) is 25.2 Å². The first-order chi connectivity index (χ1) is 40.1. The van der Waals surface area contributed by atoms with Crippen molar-refractivity contribution in [2.45, 2.75) is 373 Å². The molecule has 1 N–H and O–H groups in total. The number of rotatable bonds is 66. The van der Waals surface area contributed by atoms with Crippen LogP contribution in [0.2, 0.25) is 0 Å². The molecule has 470 valence electrons. The Balaban J connectivity index is 3.43. The summed E-state index contributed by atoms with van der Waals surface area (Å²) >= 11 is 0. The molecule has 0 fully saturated rings. The van der Waals surface area contributed by atoms with Crippen LogP contribution in [0.15, 0.2) is 85.1 Å². The van der Waals surface area contributed by atoms with Crippen LogP contribution in [0, 0.1) is 0 Å². The van der Waals surface area contributed by atoms with Crippen LogP contribution in [0.3, 0.4) is 0 Å². The van der Waals surface area contributed by atoms with E-state index in [0.29, 0.717) is 12.8 Å². The normalized spacial score (nSPS) is 12.7. The van der Waals surface area contributed by atoms with E-state index in [1.807, 2.05) is 0 Å². The minimum absolute atomic E-state index is 0.0621. The van der Waals surface area contributed by atoms with Gasteiger partial charge in [0.15, 0.2) is 6.10 Å². The van der Waals surface area contributed by atoms with E-state index in [1.54, 1.807) is 0 Å². The summed E-state index contributed by atoms with van der Waals surface area (Å²) in [6, 6.07) is 0. The first kappa shape index (κ1) is 78.1. The Bertz CT molecular complexity index is 1470. The molecule has 1 atom stereocenters. The molecule has 0 amide bonds. The number of aliphatic hydroxyl groups excluding tert-OH is 1. The van der Waals surface area contributed by atoms with E-state index in [4.69, 9.17) is 9.47 Å². The molecule has 0 bridgehead atoms. The van der Waals surface area contributed by atoms with Gasteiger partial charge in [-0.25, -0.2) is 0 Å². The Kier molecular flexibility index (Phi) is 68.8. The van der Waals surface area contributed by atoms with Crippen molar-refractivity contribution >= 4 is 11.9 Å². The molecule has 0 saturated carbocycles. The van der Waals surface area contributed by atoms with Gasteiger partial charge in [-0.2, -0.15) is 0 Å². The zero-order valence-electron chi connectivity index (χ0n) is 54.0. The summed E-state index contributed by atoms with van der Waals surface area (Å²) in [6.45, 7) is 4.08. The van der Waals surface area contributed by atoms with Crippen LogP contribution < -0.4 is 0 Å². The summed E-state index contributed by atoms with van der Waals surface area (Å²) in [6.07, 6.45) is 101. The molecule has 0 saturated heterocycles. The molecule has 0 heterocycles. The molecule has 0 aliphatic rings. The van der Waals surface area contributed by atoms with E-state index < -0.39 is 6.10 Å². The predicted octanol–water partition coefficient (Wildman–Crippen LogP) is 24.8. The number of esters is 2. The first-order valence-electron chi connectivity index (χ1n) is 35.6. The molecule has 0 spiro atoms. The second-order valence-corrected chi connectivity index (χ2v) is 23.9. The predicted molar refractivity (Wildman–Crippen MR) is 357 cm³/mol. The maximum absolute atomic E-state index is 12.4. The van der Waals surface area contributed by atoms with E-state index >= 15 is 0 Å². The maximum Gasteiger partial charge on any atom is 0.306 e. The van der Waals surface area contributed by atoms with Crippen molar-refractivity contribution in [2.24, 2.45) is 0 Å². The van der Waals surface area contributed by atoms with Gasteiger partial charge in [0.05, 0.1) is 6.61 Å². The van der Waals surface area contributed by atoms with Crippen molar-refractivity contribution < 1.29 is 24.2 Å². The number of unbranched alkanes of at least 4 members (excludes halogenated alkanes) is 44. The van der Waals surface area contributed by atoms with Crippen LogP contribution in [0.1, 0.15) is 367 Å². The van der Waals surface area contributed by atoms with Gasteiger partial charge in [0.1, 0.15) is 6.61 Å². The number of carbonyl (C=O) groups excluding carboxylic acids is 2. The van der Waals surface area contributed by atoms with Crippen molar-refractivity contribution in [3.05, 3.63) is 85.1 Å². The number of ether oxygens (including phenoxy) is 2. The third kappa shape index (κ3) is 69.5. The minimum atomic E-state index is -0.773. The van der Waals surface area contributed by atoms with Gasteiger partial charge >= 0.3 is 11.9 Å². The third-order valence-corrected chi connectivity index (χ3v) is 16.0. The number of hydrogen-bond donors (Lipinski definition) is 1. The van der Waals surface area contributed by atoms with Crippen LogP contribution in [0.5, 0.6) is 0 Å². The van der Waals surface area contributed by atoms with Crippen molar-refractivity contribution in [1.29, 1.82) is 0 Å². The van der Waals surface area contributed by atoms with Gasteiger partial charge < -0.3 is 14.6 Å². The minimum Gasteiger partial charge on any atom is -0.462 e. The summed E-state index contributed by atoms with van der Waals surface area (Å²) in [4.78, 5) is 24.7. The third-order valence-electron chi connectivity index (χ3n) is 16.0. The fourth-order valence-electron chi connectivity index (χ4n) is 10.7. The molecule has 0 radical (unpaired) electrons. The molecule has 0 aliphatic heterocycles. The van der Waals surface area contributed by atoms with Gasteiger partial charge in [0.2, 0.25) is 0 Å². The molecule has 5 heteroatoms. The second kappa shape index (κ2) is 71.3. The van der Waals surface area contributed by atoms with Crippen LogP contribution in [-0.2, 0) is 19.1 Å². The Morgan fingerprint density at radius 1 is 0.296 bits per heavy atom. The van der Waals surface area contributed by atoms with Gasteiger partial charge in [-0.1, -0.05) is 369 Å². The van der Waals surface area contributed by atoms with Crippen molar-refractivity contribution in [1.82, 2.24) is 0 Å². The van der Waals surface area contributed by atoms with Crippen LogP contribution in [-0.4, -0.2) is 36.4 Å². The summed E-state index contributed by atoms with van der Waals surface area (Å²) < 4.78 is 10.8. The second-order valence-electron chi connectivity index (χ2n) is 23.9. The van der Waals surface area contributed by atoms with E-state index in [0.717, 1.165) is 77.0 Å². The number of allylic oxidation sites excluding steroid dienone is 14. The topological polar surface area (TPSA) is 72.8 Å². The lowest BCUT2D eigenvalue weighted by Gasteiger charge is -2.15. The van der Waals surface area contributed by atoms with Crippen LogP contribution >= 0.6 is 0 Å². The lowest BCUT2D eigenvalue weighted by molar-refractivity contribution is -0.161. The quantitative estimate of drug-likeness (QED) is 0.0373. The highest BCUT2D eigenvalue weighted by Gasteiger charge is 2.16. The molecule has 0 aromatic heterocycles. The molecule has 0 aromatic rings. The Morgan fingerprint density at radius 2 is 0.531 bits per heavy atom. The fourth-order valence-corrected chi connectivity index (χ4v) is 10.7. The maximum atomic E-state index is 12.4. The highest BCUT2D eigenvalue weighted by atomic mass is 16.6. The number of carbonyl (C=O) groups is 2. The smallest absolute Gasteiger partial charge is 0.306 e. The average Bonchev–Trinajstić information content (AvgIpc) is 3.47. The standard InChI is InChI=1S/C76H136O5/c1-3-5-7-9-11-13-15-17-19-21-23-25-27-29-31-33-34-35-36-37-38-39-40-41-42-43-45-47-49-51-53-55-57-59-61-63-65-67-69-71-76(79)81-74(72-77)73-80-75(78)70-68-66-64-62-60-58-56-54-52-50-48-46-44-32-30-28-26-24-22-20-18-16-14-12-10-8-6-4-2/h5,7,11,13,17,19,23,25,29,31,34-35,37-38,74,77H,3-4,6,8-10,12,14-16,18,20-22,24,26-28,30,32-33,36,39-73H2,1-2H3/b7-5-,13-11-,19-17-,25-23-,31-29-,35-34-,38-37-. The zero-order chi connectivity index (χ0) is 58.4. The summed E-state index contributed by atoms with van der Waals surface area (Å²) in [7, 11) is 0. The van der Waals surface area contributed by atoms with Crippen LogP contribution in [0.4, 0.5) is 0 Å². The van der Waals surface area contributed by atoms with E-state index in [9.17, 15) is 14.7 Å². The molecular weight excluding hydrogens is 993 g/mol. The zero-order valence-corrected chi connectivity index (χ0v) is 54.0. The highest BCUT2D eigenvalue weighted by Crippen LogP contribution is 2.19. The molecule has 0 rings (SSSR count). The van der Waals surface area contributed by atoms with E-state index in [2.05, 4.69) is 98.9 Å². The highest BCUT2D eigenvalue weighted by molar-refractivity contribution is 5.70. The average molecular weight is 1130 g/mol. The van der Waals surface area contributed by atoms with Crippen LogP contribution in [0.25, 0.3) is 0 Å². The Hall–Kier alpha value is -2.92. The molecular formula is C76H136O5. The first-order valence-corrected chi connectivity index (χ1v) is 35.6. The van der Waals surface area contributed by atoms with Gasteiger partial charge in [-0.15, -0.1) is 0 Å². The molecule has 0 aromatic carbocycles. The lowest BCUT2D eigenvalue weighted by atomic mass is 10.0.